The number of carbonyl (C=O) groups excluding carboxylic acids is 2. The topological polar surface area (TPSA) is 76.1 Å². The molecule has 1 aromatic carbocycles. The lowest BCUT2D eigenvalue weighted by Gasteiger charge is -2.40. The zero-order chi connectivity index (χ0) is 15.2. The highest BCUT2D eigenvalue weighted by molar-refractivity contribution is 5.70. The summed E-state index contributed by atoms with van der Waals surface area (Å²) in [6, 6.07) is 9.42. The average Bonchev–Trinajstić information content (AvgIpc) is 2.44. The van der Waals surface area contributed by atoms with Gasteiger partial charge in [0.1, 0.15) is 6.61 Å². The zero-order valence-corrected chi connectivity index (χ0v) is 11.9. The van der Waals surface area contributed by atoms with E-state index in [0.29, 0.717) is 13.1 Å². The molecule has 1 heterocycles. The van der Waals surface area contributed by atoms with Crippen LogP contribution in [0.5, 0.6) is 0 Å². The Hall–Kier alpha value is -2.08. The maximum Gasteiger partial charge on any atom is 0.410 e. The molecule has 0 unspecified atom stereocenters. The molecule has 0 bridgehead atoms. The Labute approximate surface area is 123 Å². The van der Waals surface area contributed by atoms with Crippen LogP contribution in [0, 0.1) is 5.92 Å². The summed E-state index contributed by atoms with van der Waals surface area (Å²) in [4.78, 5) is 24.3. The summed E-state index contributed by atoms with van der Waals surface area (Å²) in [5.74, 6) is -0.555. The predicted octanol–water partition coefficient (Wildman–Crippen LogP) is 1.18. The first-order valence-electron chi connectivity index (χ1n) is 6.80. The van der Waals surface area contributed by atoms with Crippen molar-refractivity contribution in [3.8, 4) is 0 Å². The van der Waals surface area contributed by atoms with Gasteiger partial charge in [-0.15, -0.1) is 0 Å². The monoisotopic (exact) mass is 293 g/mol. The number of hydrogen-bond acceptors (Lipinski definition) is 5. The molecule has 2 rings (SSSR count). The van der Waals surface area contributed by atoms with Crippen LogP contribution in [-0.4, -0.2) is 48.4 Å². The number of aliphatic hydroxyl groups is 1. The molecular weight excluding hydrogens is 274 g/mol. The smallest absolute Gasteiger partial charge is 0.410 e. The summed E-state index contributed by atoms with van der Waals surface area (Å²) in [5, 5.41) is 9.80. The first-order chi connectivity index (χ1) is 10.1. The Morgan fingerprint density at radius 2 is 2.00 bits per heavy atom. The van der Waals surface area contributed by atoms with E-state index in [4.69, 9.17) is 4.74 Å². The fourth-order valence-corrected chi connectivity index (χ4v) is 2.14. The normalized spacial score (nSPS) is 16.0. The van der Waals surface area contributed by atoms with Gasteiger partial charge in [0, 0.05) is 19.0 Å². The number of carbonyl (C=O) groups is 2. The maximum absolute atomic E-state index is 11.8. The van der Waals surface area contributed by atoms with Gasteiger partial charge in [-0.2, -0.15) is 0 Å². The van der Waals surface area contributed by atoms with Crippen molar-refractivity contribution in [3.05, 3.63) is 35.9 Å². The molecule has 114 valence electrons. The van der Waals surface area contributed by atoms with Gasteiger partial charge >= 0.3 is 12.1 Å². The largest absolute Gasteiger partial charge is 0.469 e. The molecule has 1 N–H and O–H groups in total. The third kappa shape index (κ3) is 4.19. The summed E-state index contributed by atoms with van der Waals surface area (Å²) in [7, 11) is 1.28. The Balaban J connectivity index is 1.69. The zero-order valence-electron chi connectivity index (χ0n) is 11.9. The van der Waals surface area contributed by atoms with Gasteiger partial charge in [-0.05, 0) is 5.56 Å². The highest BCUT2D eigenvalue weighted by Gasteiger charge is 2.37. The second-order valence-corrected chi connectivity index (χ2v) is 5.05. The van der Waals surface area contributed by atoms with Crippen LogP contribution in [0.1, 0.15) is 12.0 Å². The van der Waals surface area contributed by atoms with E-state index in [0.717, 1.165) is 5.56 Å². The second kappa shape index (κ2) is 7.08. The van der Waals surface area contributed by atoms with Gasteiger partial charge in [-0.1, -0.05) is 30.3 Å². The van der Waals surface area contributed by atoms with Gasteiger partial charge in [0.2, 0.25) is 0 Å². The molecule has 0 aromatic heterocycles. The SMILES string of the molecule is COC(=O)C[C@H](O)C1CN(C(=O)OCc2ccccc2)C1. The number of rotatable bonds is 5. The first-order valence-corrected chi connectivity index (χ1v) is 6.80. The van der Waals surface area contributed by atoms with E-state index in [2.05, 4.69) is 4.74 Å². The standard InChI is InChI=1S/C15H19NO5/c1-20-14(18)7-13(17)12-8-16(9-12)15(19)21-10-11-5-3-2-4-6-11/h2-6,12-13,17H,7-10H2,1H3/t13-/m0/s1. The lowest BCUT2D eigenvalue weighted by molar-refractivity contribution is -0.144. The van der Waals surface area contributed by atoms with Gasteiger partial charge < -0.3 is 19.5 Å². The molecule has 6 heteroatoms. The minimum absolute atomic E-state index is 0.0475. The number of nitrogens with zero attached hydrogens (tertiary/aromatic N) is 1. The van der Waals surface area contributed by atoms with Gasteiger partial charge in [0.25, 0.3) is 0 Å². The van der Waals surface area contributed by atoms with Crippen LogP contribution in [0.3, 0.4) is 0 Å². The molecule has 21 heavy (non-hydrogen) atoms. The molecule has 1 saturated heterocycles. The number of methoxy groups -OCH3 is 1. The maximum atomic E-state index is 11.8. The van der Waals surface area contributed by atoms with Crippen molar-refractivity contribution in [2.75, 3.05) is 20.2 Å². The molecular formula is C15H19NO5. The van der Waals surface area contributed by atoms with E-state index >= 15 is 0 Å². The van der Waals surface area contributed by atoms with Crippen LogP contribution < -0.4 is 0 Å². The third-order valence-electron chi connectivity index (χ3n) is 3.52. The Morgan fingerprint density at radius 1 is 1.33 bits per heavy atom. The van der Waals surface area contributed by atoms with Gasteiger partial charge in [-0.25, -0.2) is 4.79 Å². The van der Waals surface area contributed by atoms with Gasteiger partial charge in [-0.3, -0.25) is 4.79 Å². The van der Waals surface area contributed by atoms with Crippen LogP contribution in [0.25, 0.3) is 0 Å². The van der Waals surface area contributed by atoms with Crippen molar-refractivity contribution in [1.29, 1.82) is 0 Å². The van der Waals surface area contributed by atoms with Crippen LogP contribution >= 0.6 is 0 Å². The molecule has 1 aromatic rings. The number of ether oxygens (including phenoxy) is 2. The van der Waals surface area contributed by atoms with E-state index in [1.54, 1.807) is 0 Å². The molecule has 1 aliphatic heterocycles. The number of hydrogen-bond donors (Lipinski definition) is 1. The van der Waals surface area contributed by atoms with E-state index in [1.165, 1.54) is 12.0 Å². The lowest BCUT2D eigenvalue weighted by Crippen LogP contribution is -2.54. The summed E-state index contributed by atoms with van der Waals surface area (Å²) >= 11 is 0. The van der Waals surface area contributed by atoms with Gasteiger partial charge in [0.15, 0.2) is 0 Å². The second-order valence-electron chi connectivity index (χ2n) is 5.05. The molecule has 0 saturated carbocycles. The number of benzene rings is 1. The molecule has 1 fully saturated rings. The fourth-order valence-electron chi connectivity index (χ4n) is 2.14. The van der Waals surface area contributed by atoms with Crippen LogP contribution in [0.4, 0.5) is 4.79 Å². The number of aliphatic hydroxyl groups excluding tert-OH is 1. The molecule has 1 atom stereocenters. The van der Waals surface area contributed by atoms with Crippen molar-refractivity contribution in [2.24, 2.45) is 5.92 Å². The van der Waals surface area contributed by atoms with Crippen LogP contribution in [0.2, 0.25) is 0 Å². The summed E-state index contributed by atoms with van der Waals surface area (Å²) in [5.41, 5.74) is 0.925. The Morgan fingerprint density at radius 3 is 2.62 bits per heavy atom. The highest BCUT2D eigenvalue weighted by atomic mass is 16.6. The molecule has 1 aliphatic rings. The van der Waals surface area contributed by atoms with E-state index in [1.807, 2.05) is 30.3 Å². The third-order valence-corrected chi connectivity index (χ3v) is 3.52. The van der Waals surface area contributed by atoms with Gasteiger partial charge in [0.05, 0.1) is 19.6 Å². The summed E-state index contributed by atoms with van der Waals surface area (Å²) in [6.45, 7) is 1.02. The van der Waals surface area contributed by atoms with Crippen molar-refractivity contribution in [1.82, 2.24) is 4.90 Å². The average molecular weight is 293 g/mol. The predicted molar refractivity (Wildman–Crippen MR) is 74.3 cm³/mol. The lowest BCUT2D eigenvalue weighted by atomic mass is 9.92. The number of likely N-dealkylation sites (tertiary alicyclic amines) is 1. The first kappa shape index (κ1) is 15.3. The Kier molecular flexibility index (Phi) is 5.16. The van der Waals surface area contributed by atoms with Crippen molar-refractivity contribution < 1.29 is 24.2 Å². The van der Waals surface area contributed by atoms with Crippen molar-refractivity contribution in [2.45, 2.75) is 19.1 Å². The number of amides is 1. The molecule has 0 radical (unpaired) electrons. The van der Waals surface area contributed by atoms with E-state index < -0.39 is 18.2 Å². The highest BCUT2D eigenvalue weighted by Crippen LogP contribution is 2.22. The van der Waals surface area contributed by atoms with Crippen molar-refractivity contribution in [3.63, 3.8) is 0 Å². The fraction of sp³-hybridized carbons (Fsp3) is 0.467. The molecule has 0 spiro atoms. The Bertz CT molecular complexity index is 484. The summed E-state index contributed by atoms with van der Waals surface area (Å²) in [6.07, 6.45) is -1.23. The van der Waals surface area contributed by atoms with Crippen LogP contribution in [-0.2, 0) is 20.9 Å². The van der Waals surface area contributed by atoms with E-state index in [9.17, 15) is 14.7 Å². The van der Waals surface area contributed by atoms with E-state index in [-0.39, 0.29) is 18.9 Å². The summed E-state index contributed by atoms with van der Waals surface area (Å²) < 4.78 is 9.67. The molecule has 0 aliphatic carbocycles. The number of esters is 1. The quantitative estimate of drug-likeness (QED) is 0.825. The molecule has 6 nitrogen and oxygen atoms in total. The minimum atomic E-state index is -0.782. The minimum Gasteiger partial charge on any atom is -0.469 e. The molecule has 1 amide bonds. The van der Waals surface area contributed by atoms with Crippen LogP contribution in [0.15, 0.2) is 30.3 Å². The van der Waals surface area contributed by atoms with Crippen molar-refractivity contribution >= 4 is 12.1 Å².